The summed E-state index contributed by atoms with van der Waals surface area (Å²) in [6.45, 7) is 1.24. The van der Waals surface area contributed by atoms with E-state index in [2.05, 4.69) is 29.6 Å². The van der Waals surface area contributed by atoms with Crippen molar-refractivity contribution in [2.45, 2.75) is 13.0 Å². The van der Waals surface area contributed by atoms with Gasteiger partial charge in [-0.2, -0.15) is 0 Å². The maximum Gasteiger partial charge on any atom is 0.160 e. The van der Waals surface area contributed by atoms with Crippen LogP contribution < -0.4 is 22.5 Å². The Bertz CT molecular complexity index is 779. The molecule has 0 aliphatic carbocycles. The minimum absolute atomic E-state index is 0.0349. The lowest BCUT2D eigenvalue weighted by Crippen LogP contribution is -2.15. The van der Waals surface area contributed by atoms with Gasteiger partial charge in [-0.3, -0.25) is 0 Å². The van der Waals surface area contributed by atoms with Crippen LogP contribution in [0.1, 0.15) is 16.7 Å². The van der Waals surface area contributed by atoms with Crippen LogP contribution in [0.5, 0.6) is 5.75 Å². The van der Waals surface area contributed by atoms with Crippen LogP contribution >= 0.6 is 0 Å². The SMILES string of the molecule is CNCc1ccc(CCOC(/C=C(\N)c2ccccc2O)=C(N)N)cc1. The normalized spacial score (nSPS) is 11.2. The van der Waals surface area contributed by atoms with E-state index < -0.39 is 0 Å². The molecule has 0 aliphatic rings. The number of para-hydroxylation sites is 1. The van der Waals surface area contributed by atoms with Crippen molar-refractivity contribution < 1.29 is 9.84 Å². The molecule has 0 aromatic heterocycles. The van der Waals surface area contributed by atoms with Gasteiger partial charge in [-0.25, -0.2) is 0 Å². The van der Waals surface area contributed by atoms with Crippen molar-refractivity contribution in [1.82, 2.24) is 5.32 Å². The smallest absolute Gasteiger partial charge is 0.160 e. The van der Waals surface area contributed by atoms with Crippen LogP contribution in [0, 0.1) is 0 Å². The summed E-state index contributed by atoms with van der Waals surface area (Å²) in [6, 6.07) is 15.1. The van der Waals surface area contributed by atoms with Gasteiger partial charge < -0.3 is 32.4 Å². The molecule has 0 amide bonds. The number of benzene rings is 2. The van der Waals surface area contributed by atoms with E-state index in [0.717, 1.165) is 12.1 Å². The number of nitrogens with one attached hydrogen (secondary N) is 1. The first-order valence-electron chi connectivity index (χ1n) is 8.37. The molecule has 0 aliphatic heterocycles. The topological polar surface area (TPSA) is 120 Å². The van der Waals surface area contributed by atoms with E-state index in [-0.39, 0.29) is 17.3 Å². The Morgan fingerprint density at radius 2 is 1.69 bits per heavy atom. The van der Waals surface area contributed by atoms with Gasteiger partial charge in [0.25, 0.3) is 0 Å². The zero-order valence-corrected chi connectivity index (χ0v) is 14.9. The van der Waals surface area contributed by atoms with Gasteiger partial charge in [0.15, 0.2) is 5.76 Å². The van der Waals surface area contributed by atoms with Gasteiger partial charge in [0, 0.05) is 30.3 Å². The summed E-state index contributed by atoms with van der Waals surface area (Å²) in [6.07, 6.45) is 2.24. The summed E-state index contributed by atoms with van der Waals surface area (Å²) in [4.78, 5) is 0. The fraction of sp³-hybridized carbons (Fsp3) is 0.200. The van der Waals surface area contributed by atoms with Gasteiger partial charge in [0.1, 0.15) is 11.6 Å². The third kappa shape index (κ3) is 5.46. The third-order valence-corrected chi connectivity index (χ3v) is 3.84. The van der Waals surface area contributed by atoms with Gasteiger partial charge in [-0.1, -0.05) is 36.4 Å². The fourth-order valence-electron chi connectivity index (χ4n) is 2.45. The molecular formula is C20H26N4O2. The van der Waals surface area contributed by atoms with Gasteiger partial charge in [0.05, 0.1) is 6.61 Å². The highest BCUT2D eigenvalue weighted by Crippen LogP contribution is 2.22. The van der Waals surface area contributed by atoms with Crippen LogP contribution in [-0.2, 0) is 17.7 Å². The van der Waals surface area contributed by atoms with E-state index in [1.165, 1.54) is 11.6 Å². The summed E-state index contributed by atoms with van der Waals surface area (Å²) in [5, 5.41) is 13.0. The Balaban J connectivity index is 2.00. The lowest BCUT2D eigenvalue weighted by atomic mass is 10.1. The van der Waals surface area contributed by atoms with Crippen LogP contribution in [0.2, 0.25) is 0 Å². The summed E-state index contributed by atoms with van der Waals surface area (Å²) >= 11 is 0. The molecular weight excluding hydrogens is 328 g/mol. The molecule has 138 valence electrons. The van der Waals surface area contributed by atoms with Gasteiger partial charge >= 0.3 is 0 Å². The van der Waals surface area contributed by atoms with E-state index in [1.54, 1.807) is 24.3 Å². The lowest BCUT2D eigenvalue weighted by Gasteiger charge is -2.11. The molecule has 8 N–H and O–H groups in total. The highest BCUT2D eigenvalue weighted by molar-refractivity contribution is 5.69. The zero-order valence-electron chi connectivity index (χ0n) is 14.9. The average molecular weight is 354 g/mol. The number of aromatic hydroxyl groups is 1. The third-order valence-electron chi connectivity index (χ3n) is 3.84. The predicted octanol–water partition coefficient (Wildman–Crippen LogP) is 1.76. The maximum absolute atomic E-state index is 9.87. The minimum atomic E-state index is 0.0349. The number of ether oxygens (including phenoxy) is 1. The van der Waals surface area contributed by atoms with Crippen molar-refractivity contribution in [3.05, 3.63) is 82.9 Å². The molecule has 0 bridgehead atoms. The maximum atomic E-state index is 9.87. The van der Waals surface area contributed by atoms with Gasteiger partial charge in [-0.05, 0) is 30.3 Å². The molecule has 6 heteroatoms. The summed E-state index contributed by atoms with van der Waals surface area (Å²) < 4.78 is 5.70. The molecule has 0 fully saturated rings. The molecule has 0 radical (unpaired) electrons. The number of phenols is 1. The van der Waals surface area contributed by atoms with Crippen LogP contribution in [0.15, 0.2) is 66.2 Å². The van der Waals surface area contributed by atoms with Gasteiger partial charge in [0.2, 0.25) is 0 Å². The van der Waals surface area contributed by atoms with Crippen molar-refractivity contribution in [1.29, 1.82) is 0 Å². The van der Waals surface area contributed by atoms with Crippen LogP contribution in [0.4, 0.5) is 0 Å². The number of phenolic OH excluding ortho intramolecular Hbond substituents is 1. The molecule has 0 saturated carbocycles. The average Bonchev–Trinajstić information content (AvgIpc) is 2.62. The molecule has 0 unspecified atom stereocenters. The predicted molar refractivity (Wildman–Crippen MR) is 105 cm³/mol. The van der Waals surface area contributed by atoms with Crippen molar-refractivity contribution in [3.8, 4) is 5.75 Å². The first-order chi connectivity index (χ1) is 12.5. The number of rotatable bonds is 8. The largest absolute Gasteiger partial charge is 0.507 e. The van der Waals surface area contributed by atoms with Crippen LogP contribution in [-0.4, -0.2) is 18.8 Å². The van der Waals surface area contributed by atoms with Crippen molar-refractivity contribution >= 4 is 5.70 Å². The van der Waals surface area contributed by atoms with Gasteiger partial charge in [-0.15, -0.1) is 0 Å². The van der Waals surface area contributed by atoms with E-state index in [0.29, 0.717) is 24.3 Å². The Labute approximate surface area is 154 Å². The summed E-state index contributed by atoms with van der Waals surface area (Å²) in [5.74, 6) is 0.406. The monoisotopic (exact) mass is 354 g/mol. The lowest BCUT2D eigenvalue weighted by molar-refractivity contribution is 0.224. The van der Waals surface area contributed by atoms with E-state index in [9.17, 15) is 5.11 Å². The number of nitrogens with two attached hydrogens (primary N) is 3. The Morgan fingerprint density at radius 1 is 1.04 bits per heavy atom. The van der Waals surface area contributed by atoms with E-state index in [1.807, 2.05) is 7.05 Å². The minimum Gasteiger partial charge on any atom is -0.507 e. The molecule has 0 atom stereocenters. The van der Waals surface area contributed by atoms with E-state index in [4.69, 9.17) is 21.9 Å². The highest BCUT2D eigenvalue weighted by Gasteiger charge is 2.07. The quantitative estimate of drug-likeness (QED) is 0.364. The second-order valence-corrected chi connectivity index (χ2v) is 5.88. The molecule has 2 aromatic rings. The zero-order chi connectivity index (χ0) is 18.9. The van der Waals surface area contributed by atoms with Crippen LogP contribution in [0.3, 0.4) is 0 Å². The standard InChI is InChI=1S/C20H26N4O2/c1-24-13-15-8-6-14(7-9-15)10-11-26-19(20(22)23)12-17(21)16-4-2-3-5-18(16)25/h2-9,12,24-25H,10-11,13,21-23H2,1H3/b17-12-. The van der Waals surface area contributed by atoms with Crippen molar-refractivity contribution in [3.63, 3.8) is 0 Å². The summed E-state index contributed by atoms with van der Waals surface area (Å²) in [5.41, 5.74) is 20.6. The first kappa shape index (κ1) is 19.2. The molecule has 0 spiro atoms. The highest BCUT2D eigenvalue weighted by atomic mass is 16.5. The first-order valence-corrected chi connectivity index (χ1v) is 8.37. The van der Waals surface area contributed by atoms with Crippen LogP contribution in [0.25, 0.3) is 5.70 Å². The Hall–Kier alpha value is -3.12. The van der Waals surface area contributed by atoms with E-state index >= 15 is 0 Å². The number of allylic oxidation sites excluding steroid dienone is 1. The Kier molecular flexibility index (Phi) is 6.93. The second kappa shape index (κ2) is 9.39. The van der Waals surface area contributed by atoms with Crippen molar-refractivity contribution in [2.75, 3.05) is 13.7 Å². The molecule has 6 nitrogen and oxygen atoms in total. The molecule has 0 heterocycles. The van der Waals surface area contributed by atoms with Crippen molar-refractivity contribution in [2.24, 2.45) is 17.2 Å². The molecule has 0 saturated heterocycles. The summed E-state index contributed by atoms with van der Waals surface area (Å²) in [7, 11) is 1.92. The second-order valence-electron chi connectivity index (χ2n) is 5.88. The number of hydrogen-bond acceptors (Lipinski definition) is 6. The molecule has 2 rings (SSSR count). The fourth-order valence-corrected chi connectivity index (χ4v) is 2.45. The molecule has 26 heavy (non-hydrogen) atoms. The molecule has 2 aromatic carbocycles. The Morgan fingerprint density at radius 3 is 2.31 bits per heavy atom. The number of hydrogen-bond donors (Lipinski definition) is 5.